The number of hydrogen-bond acceptors (Lipinski definition) is 8. The first kappa shape index (κ1) is 43.7. The van der Waals surface area contributed by atoms with Gasteiger partial charge in [0.1, 0.15) is 0 Å². The molecule has 2 aromatic carbocycles. The number of fused-ring (bicyclic) bond motifs is 8. The Hall–Kier alpha value is -6.38. The Bertz CT molecular complexity index is 2320. The highest BCUT2D eigenvalue weighted by molar-refractivity contribution is 5.97. The number of nitrogens with one attached hydrogen (secondary N) is 2. The van der Waals surface area contributed by atoms with Crippen molar-refractivity contribution in [2.75, 3.05) is 26.3 Å². The van der Waals surface area contributed by atoms with Crippen LogP contribution in [0.25, 0.3) is 12.2 Å². The lowest BCUT2D eigenvalue weighted by Crippen LogP contribution is -2.49. The summed E-state index contributed by atoms with van der Waals surface area (Å²) in [5.41, 5.74) is 3.12. The van der Waals surface area contributed by atoms with E-state index in [1.807, 2.05) is 52.0 Å². The van der Waals surface area contributed by atoms with Gasteiger partial charge in [0.25, 0.3) is 22.9 Å². The molecule has 0 unspecified atom stereocenters. The number of hydrogen-bond donors (Lipinski definition) is 4. The number of benzene rings is 2. The number of aliphatic hydroxyl groups is 2. The molecule has 62 heavy (non-hydrogen) atoms. The van der Waals surface area contributed by atoms with Crippen molar-refractivity contribution in [1.82, 2.24) is 29.6 Å². The second kappa shape index (κ2) is 18.7. The molecule has 0 saturated carbocycles. The quantitative estimate of drug-likeness (QED) is 0.187. The van der Waals surface area contributed by atoms with E-state index in [9.17, 15) is 39.0 Å². The van der Waals surface area contributed by atoms with E-state index in [4.69, 9.17) is 0 Å². The molecule has 8 rings (SSSR count). The Labute approximate surface area is 360 Å². The lowest BCUT2D eigenvalue weighted by Gasteiger charge is -2.38. The molecule has 8 atom stereocenters. The standard InChI is InChI=1S/2C24H27N3O4/c2*1-3-8-15-11-12-18-21-20(22(29)25-4-2)17(14-28)19(13-26(18)23(15)30)27(21)24(31)16-9-6-5-7-10-16/h2*3,5-12,17,19-21,28H,4,13-14H2,1-2H3,(H,25,29)/b8-3+;8-3-/t2*17-,19-,20+,21+/m00/s1. The molecule has 0 aliphatic carbocycles. The Morgan fingerprint density at radius 2 is 0.968 bits per heavy atom. The van der Waals surface area contributed by atoms with Crippen molar-refractivity contribution in [2.45, 2.75) is 65.0 Å². The number of nitrogens with zero attached hydrogens (tertiary/aromatic N) is 4. The number of aliphatic hydroxyl groups excluding tert-OH is 2. The van der Waals surface area contributed by atoms with E-state index < -0.39 is 47.8 Å². The third-order valence-electron chi connectivity index (χ3n) is 12.7. The fraction of sp³-hybridized carbons (Fsp3) is 0.375. The molecule has 2 aromatic heterocycles. The largest absolute Gasteiger partial charge is 0.396 e. The number of amides is 4. The fourth-order valence-electron chi connectivity index (χ4n) is 10.1. The molecule has 4 N–H and O–H groups in total. The van der Waals surface area contributed by atoms with Gasteiger partial charge in [-0.1, -0.05) is 60.7 Å². The van der Waals surface area contributed by atoms with Crippen LogP contribution in [0.1, 0.15) is 83.0 Å². The van der Waals surface area contributed by atoms with E-state index in [0.717, 1.165) is 0 Å². The van der Waals surface area contributed by atoms with Gasteiger partial charge in [0.15, 0.2) is 0 Å². The van der Waals surface area contributed by atoms with E-state index in [2.05, 4.69) is 10.6 Å². The van der Waals surface area contributed by atoms with Crippen LogP contribution in [0.15, 0.2) is 107 Å². The van der Waals surface area contributed by atoms with Crippen LogP contribution in [-0.4, -0.2) is 91.2 Å². The lowest BCUT2D eigenvalue weighted by molar-refractivity contribution is -0.128. The maximum Gasteiger partial charge on any atom is 0.258 e. The first-order chi connectivity index (χ1) is 30.1. The maximum atomic E-state index is 13.5. The summed E-state index contributed by atoms with van der Waals surface area (Å²) >= 11 is 0. The highest BCUT2D eigenvalue weighted by Crippen LogP contribution is 2.50. The minimum Gasteiger partial charge on any atom is -0.396 e. The smallest absolute Gasteiger partial charge is 0.258 e. The number of aromatic nitrogens is 2. The van der Waals surface area contributed by atoms with Crippen LogP contribution in [0, 0.1) is 23.7 Å². The molecule has 14 heteroatoms. The van der Waals surface area contributed by atoms with Crippen LogP contribution >= 0.6 is 0 Å². The number of pyridine rings is 2. The molecule has 14 nitrogen and oxygen atoms in total. The molecule has 6 heterocycles. The summed E-state index contributed by atoms with van der Waals surface area (Å²) in [5.74, 6) is -3.01. The van der Waals surface area contributed by atoms with Crippen LogP contribution in [0.5, 0.6) is 0 Å². The van der Waals surface area contributed by atoms with Gasteiger partial charge < -0.3 is 39.8 Å². The zero-order valence-electron chi connectivity index (χ0n) is 35.4. The van der Waals surface area contributed by atoms with E-state index in [1.165, 1.54) is 0 Å². The summed E-state index contributed by atoms with van der Waals surface area (Å²) in [6.45, 7) is 8.27. The van der Waals surface area contributed by atoms with Gasteiger partial charge in [0.2, 0.25) is 11.8 Å². The van der Waals surface area contributed by atoms with Gasteiger partial charge in [-0.2, -0.15) is 0 Å². The molecule has 2 saturated heterocycles. The SMILES string of the molecule is C/C=C/c1ccc2n(c1=O)C[C@H]1[C@H](CO)[C@@H](C(=O)NCC)[C@@H]2N1C(=O)c1ccccc1.C/C=C\c1ccc2n(c1=O)C[C@H]1[C@H](CO)[C@@H](C(=O)NCC)[C@@H]2N1C(=O)c1ccccc1. The molecule has 4 bridgehead atoms. The van der Waals surface area contributed by atoms with Crippen LogP contribution < -0.4 is 21.8 Å². The normalized spacial score (nSPS) is 24.3. The second-order valence-corrected chi connectivity index (χ2v) is 16.0. The highest BCUT2D eigenvalue weighted by atomic mass is 16.3. The summed E-state index contributed by atoms with van der Waals surface area (Å²) < 4.78 is 3.34. The molecule has 324 valence electrons. The maximum absolute atomic E-state index is 13.5. The van der Waals surface area contributed by atoms with Gasteiger partial charge in [-0.25, -0.2) is 0 Å². The summed E-state index contributed by atoms with van der Waals surface area (Å²) in [6, 6.07) is 22.8. The average molecular weight is 843 g/mol. The van der Waals surface area contributed by atoms with Crippen molar-refractivity contribution in [3.63, 3.8) is 0 Å². The molecule has 4 aliphatic rings. The molecule has 4 aliphatic heterocycles. The van der Waals surface area contributed by atoms with E-state index >= 15 is 0 Å². The molecular formula is C48H54N6O8. The monoisotopic (exact) mass is 842 g/mol. The third-order valence-corrected chi connectivity index (χ3v) is 12.7. The zero-order chi connectivity index (χ0) is 44.2. The first-order valence-corrected chi connectivity index (χ1v) is 21.3. The molecule has 0 spiro atoms. The number of carbonyl (C=O) groups is 4. The topological polar surface area (TPSA) is 183 Å². The van der Waals surface area contributed by atoms with Gasteiger partial charge in [-0.3, -0.25) is 28.8 Å². The Balaban J connectivity index is 0.000000186. The van der Waals surface area contributed by atoms with Gasteiger partial charge in [0.05, 0.1) is 36.0 Å². The second-order valence-electron chi connectivity index (χ2n) is 16.0. The third kappa shape index (κ3) is 7.62. The Morgan fingerprint density at radius 3 is 1.29 bits per heavy atom. The highest BCUT2D eigenvalue weighted by Gasteiger charge is 2.59. The zero-order valence-corrected chi connectivity index (χ0v) is 35.4. The van der Waals surface area contributed by atoms with E-state index in [1.54, 1.807) is 104 Å². The van der Waals surface area contributed by atoms with Gasteiger partial charge in [-0.15, -0.1) is 0 Å². The Kier molecular flexibility index (Phi) is 13.2. The predicted molar refractivity (Wildman–Crippen MR) is 235 cm³/mol. The van der Waals surface area contributed by atoms with Crippen molar-refractivity contribution >= 4 is 35.8 Å². The molecule has 4 amide bonds. The van der Waals surface area contributed by atoms with E-state index in [0.29, 0.717) is 46.7 Å². The fourth-order valence-corrected chi connectivity index (χ4v) is 10.1. The molecule has 4 aromatic rings. The molecule has 0 radical (unpaired) electrons. The minimum absolute atomic E-state index is 0.148. The van der Waals surface area contributed by atoms with Crippen LogP contribution in [0.2, 0.25) is 0 Å². The van der Waals surface area contributed by atoms with E-state index in [-0.39, 0.29) is 61.1 Å². The summed E-state index contributed by atoms with van der Waals surface area (Å²) in [6.07, 6.45) is 7.12. The van der Waals surface area contributed by atoms with Crippen molar-refractivity contribution in [3.8, 4) is 0 Å². The molecule has 2 fully saturated rings. The number of allylic oxidation sites excluding steroid dienone is 2. The van der Waals surface area contributed by atoms with Crippen molar-refractivity contribution in [2.24, 2.45) is 23.7 Å². The van der Waals surface area contributed by atoms with Crippen LogP contribution in [-0.2, 0) is 22.7 Å². The van der Waals surface area contributed by atoms with Crippen molar-refractivity contribution in [3.05, 3.63) is 151 Å². The minimum atomic E-state index is -0.636. The number of carbonyl (C=O) groups excluding carboxylic acids is 4. The summed E-state index contributed by atoms with van der Waals surface area (Å²) in [7, 11) is 0. The van der Waals surface area contributed by atoms with Crippen LogP contribution in [0.4, 0.5) is 0 Å². The lowest BCUT2D eigenvalue weighted by atomic mass is 9.86. The van der Waals surface area contributed by atoms with Gasteiger partial charge >= 0.3 is 0 Å². The summed E-state index contributed by atoms with van der Waals surface area (Å²) in [5, 5.41) is 26.2. The van der Waals surface area contributed by atoms with Gasteiger partial charge in [0, 0.05) is 84.9 Å². The number of rotatable bonds is 10. The van der Waals surface area contributed by atoms with Crippen molar-refractivity contribution < 1.29 is 29.4 Å². The average Bonchev–Trinajstić information content (AvgIpc) is 3.68. The predicted octanol–water partition coefficient (Wildman–Crippen LogP) is 3.64. The van der Waals surface area contributed by atoms with Crippen LogP contribution in [0.3, 0.4) is 0 Å². The van der Waals surface area contributed by atoms with Crippen molar-refractivity contribution in [1.29, 1.82) is 0 Å². The first-order valence-electron chi connectivity index (χ1n) is 21.3. The summed E-state index contributed by atoms with van der Waals surface area (Å²) in [4.78, 5) is 82.8. The molecular weight excluding hydrogens is 789 g/mol. The van der Waals surface area contributed by atoms with Gasteiger partial charge in [-0.05, 0) is 76.2 Å². The Morgan fingerprint density at radius 1 is 0.597 bits per heavy atom.